The van der Waals surface area contributed by atoms with E-state index in [9.17, 15) is 0 Å². The summed E-state index contributed by atoms with van der Waals surface area (Å²) in [4.78, 5) is 14.1. The fourth-order valence-corrected chi connectivity index (χ4v) is 4.54. The summed E-state index contributed by atoms with van der Waals surface area (Å²) in [6.45, 7) is 7.45. The van der Waals surface area contributed by atoms with E-state index in [0.29, 0.717) is 0 Å². The number of hydrogen-bond acceptors (Lipinski definition) is 5. The van der Waals surface area contributed by atoms with Crippen LogP contribution in [0.2, 0.25) is 0 Å². The number of aromatic amines is 1. The lowest BCUT2D eigenvalue weighted by molar-refractivity contribution is 0.136. The number of piperidine rings is 1. The summed E-state index contributed by atoms with van der Waals surface area (Å²) in [6, 6.07) is 0. The van der Waals surface area contributed by atoms with Gasteiger partial charge in [0, 0.05) is 50.1 Å². The number of likely N-dealkylation sites (tertiary alicyclic amines) is 1. The maximum absolute atomic E-state index is 4.97. The van der Waals surface area contributed by atoms with Crippen LogP contribution in [0.25, 0.3) is 0 Å². The molecule has 2 aromatic heterocycles. The summed E-state index contributed by atoms with van der Waals surface area (Å²) in [7, 11) is 4.03. The molecule has 6 nitrogen and oxygen atoms in total. The van der Waals surface area contributed by atoms with E-state index in [4.69, 9.17) is 4.98 Å². The molecular weight excluding hydrogens is 312 g/mol. The van der Waals surface area contributed by atoms with E-state index < -0.39 is 0 Å². The summed E-state index contributed by atoms with van der Waals surface area (Å²) >= 11 is 0. The van der Waals surface area contributed by atoms with Gasteiger partial charge in [0.2, 0.25) is 5.95 Å². The summed E-state index contributed by atoms with van der Waals surface area (Å²) < 4.78 is 0. The van der Waals surface area contributed by atoms with E-state index in [1.807, 2.05) is 19.0 Å². The third kappa shape index (κ3) is 2.82. The van der Waals surface area contributed by atoms with Gasteiger partial charge in [-0.3, -0.25) is 10.00 Å². The van der Waals surface area contributed by atoms with Crippen LogP contribution in [0.15, 0.2) is 6.20 Å². The predicted molar refractivity (Wildman–Crippen MR) is 98.9 cm³/mol. The monoisotopic (exact) mass is 340 g/mol. The number of nitrogens with one attached hydrogen (secondary N) is 1. The molecule has 3 heterocycles. The first-order chi connectivity index (χ1) is 12.0. The number of aromatic nitrogens is 4. The Labute approximate surface area is 149 Å². The van der Waals surface area contributed by atoms with Crippen molar-refractivity contribution >= 4 is 5.95 Å². The first-order valence-corrected chi connectivity index (χ1v) is 9.25. The Kier molecular flexibility index (Phi) is 4.02. The molecule has 4 rings (SSSR count). The van der Waals surface area contributed by atoms with E-state index in [1.165, 1.54) is 41.8 Å². The van der Waals surface area contributed by atoms with Crippen molar-refractivity contribution in [2.45, 2.75) is 51.5 Å². The van der Waals surface area contributed by atoms with E-state index in [2.05, 4.69) is 40.1 Å². The van der Waals surface area contributed by atoms with Crippen LogP contribution >= 0.6 is 0 Å². The second-order valence-corrected chi connectivity index (χ2v) is 7.95. The van der Waals surface area contributed by atoms with Gasteiger partial charge in [-0.05, 0) is 51.6 Å². The van der Waals surface area contributed by atoms with Crippen LogP contribution in [-0.4, -0.2) is 52.3 Å². The number of aryl methyl sites for hydroxylation is 3. The zero-order chi connectivity index (χ0) is 17.6. The molecule has 1 aliphatic carbocycles. The summed E-state index contributed by atoms with van der Waals surface area (Å²) in [6.07, 6.45) is 6.84. The number of anilines is 1. The molecule has 1 aliphatic heterocycles. The first kappa shape index (κ1) is 16.5. The van der Waals surface area contributed by atoms with Gasteiger partial charge in [-0.15, -0.1) is 0 Å². The van der Waals surface area contributed by atoms with Crippen LogP contribution in [0, 0.1) is 13.8 Å². The molecule has 1 atom stereocenters. The Balaban J connectivity index is 1.61. The van der Waals surface area contributed by atoms with E-state index in [0.717, 1.165) is 37.7 Å². The van der Waals surface area contributed by atoms with Gasteiger partial charge in [0.25, 0.3) is 0 Å². The third-order valence-corrected chi connectivity index (χ3v) is 5.95. The fraction of sp³-hybridized carbons (Fsp3) is 0.632. The molecule has 0 bridgehead atoms. The van der Waals surface area contributed by atoms with Crippen LogP contribution in [0.5, 0.6) is 0 Å². The first-order valence-electron chi connectivity index (χ1n) is 9.25. The highest BCUT2D eigenvalue weighted by Crippen LogP contribution is 2.44. The largest absolute Gasteiger partial charge is 0.347 e. The van der Waals surface area contributed by atoms with Gasteiger partial charge in [-0.25, -0.2) is 9.97 Å². The van der Waals surface area contributed by atoms with Crippen molar-refractivity contribution < 1.29 is 0 Å². The van der Waals surface area contributed by atoms with Crippen molar-refractivity contribution in [2.24, 2.45) is 0 Å². The normalized spacial score (nSPS) is 23.2. The molecular formula is C19H28N6. The SMILES string of the molecule is Cc1n[nH]c(C)c1CN1CCCC2(CCc3cnc(N(C)C)nc32)C1. The lowest BCUT2D eigenvalue weighted by Gasteiger charge is -2.40. The molecule has 1 unspecified atom stereocenters. The number of H-pyrrole nitrogens is 1. The Morgan fingerprint density at radius 3 is 2.84 bits per heavy atom. The smallest absolute Gasteiger partial charge is 0.225 e. The highest BCUT2D eigenvalue weighted by Gasteiger charge is 2.43. The zero-order valence-corrected chi connectivity index (χ0v) is 15.8. The van der Waals surface area contributed by atoms with Gasteiger partial charge in [0.15, 0.2) is 0 Å². The molecule has 0 aromatic carbocycles. The molecule has 1 spiro atoms. The fourth-order valence-electron chi connectivity index (χ4n) is 4.54. The standard InChI is InChI=1S/C19H28N6/c1-13-16(14(2)23-22-13)11-25-9-5-7-19(12-25)8-6-15-10-20-18(24(3)4)21-17(15)19/h10H,5-9,11-12H2,1-4H3,(H,22,23). The Morgan fingerprint density at radius 1 is 1.28 bits per heavy atom. The van der Waals surface area contributed by atoms with Gasteiger partial charge in [0.1, 0.15) is 0 Å². The maximum Gasteiger partial charge on any atom is 0.225 e. The van der Waals surface area contributed by atoms with Gasteiger partial charge in [0.05, 0.1) is 11.4 Å². The molecule has 0 radical (unpaired) electrons. The Morgan fingerprint density at radius 2 is 2.12 bits per heavy atom. The average Bonchev–Trinajstić information content (AvgIpc) is 3.10. The molecule has 1 fully saturated rings. The maximum atomic E-state index is 4.97. The molecule has 1 N–H and O–H groups in total. The van der Waals surface area contributed by atoms with Gasteiger partial charge in [-0.1, -0.05) is 0 Å². The molecule has 25 heavy (non-hydrogen) atoms. The number of fused-ring (bicyclic) bond motifs is 2. The lowest BCUT2D eigenvalue weighted by atomic mass is 9.77. The average molecular weight is 340 g/mol. The summed E-state index contributed by atoms with van der Waals surface area (Å²) in [5, 5.41) is 7.48. The molecule has 2 aliphatic rings. The zero-order valence-electron chi connectivity index (χ0n) is 15.8. The van der Waals surface area contributed by atoms with Gasteiger partial charge in [-0.2, -0.15) is 5.10 Å². The minimum absolute atomic E-state index is 0.201. The van der Waals surface area contributed by atoms with Crippen molar-refractivity contribution in [3.05, 3.63) is 34.4 Å². The molecule has 1 saturated heterocycles. The highest BCUT2D eigenvalue weighted by molar-refractivity contribution is 5.39. The van der Waals surface area contributed by atoms with E-state index in [1.54, 1.807) is 0 Å². The van der Waals surface area contributed by atoms with Crippen molar-refractivity contribution in [3.8, 4) is 0 Å². The third-order valence-electron chi connectivity index (χ3n) is 5.95. The molecule has 6 heteroatoms. The molecule has 0 saturated carbocycles. The van der Waals surface area contributed by atoms with Crippen LogP contribution < -0.4 is 4.90 Å². The van der Waals surface area contributed by atoms with Crippen LogP contribution in [0.3, 0.4) is 0 Å². The topological polar surface area (TPSA) is 60.9 Å². The summed E-state index contributed by atoms with van der Waals surface area (Å²) in [5.74, 6) is 0.832. The highest BCUT2D eigenvalue weighted by atomic mass is 15.2. The predicted octanol–water partition coefficient (Wildman–Crippen LogP) is 2.36. The minimum Gasteiger partial charge on any atom is -0.347 e. The number of rotatable bonds is 3. The van der Waals surface area contributed by atoms with Crippen molar-refractivity contribution in [1.29, 1.82) is 0 Å². The minimum atomic E-state index is 0.201. The molecule has 2 aromatic rings. The van der Waals surface area contributed by atoms with Gasteiger partial charge >= 0.3 is 0 Å². The molecule has 134 valence electrons. The van der Waals surface area contributed by atoms with Crippen LogP contribution in [0.4, 0.5) is 5.95 Å². The second kappa shape index (κ2) is 6.09. The Bertz CT molecular complexity index is 757. The van der Waals surface area contributed by atoms with E-state index in [-0.39, 0.29) is 5.41 Å². The summed E-state index contributed by atoms with van der Waals surface area (Å²) in [5.41, 5.74) is 6.53. The van der Waals surface area contributed by atoms with Crippen molar-refractivity contribution in [3.63, 3.8) is 0 Å². The van der Waals surface area contributed by atoms with Crippen molar-refractivity contribution in [1.82, 2.24) is 25.1 Å². The number of hydrogen-bond donors (Lipinski definition) is 1. The van der Waals surface area contributed by atoms with Crippen LogP contribution in [-0.2, 0) is 18.4 Å². The number of nitrogens with zero attached hydrogens (tertiary/aromatic N) is 5. The van der Waals surface area contributed by atoms with Crippen molar-refractivity contribution in [2.75, 3.05) is 32.1 Å². The molecule has 0 amide bonds. The Hall–Kier alpha value is -1.95. The lowest BCUT2D eigenvalue weighted by Crippen LogP contribution is -2.45. The van der Waals surface area contributed by atoms with E-state index >= 15 is 0 Å². The quantitative estimate of drug-likeness (QED) is 0.929. The second-order valence-electron chi connectivity index (χ2n) is 7.95. The van der Waals surface area contributed by atoms with Crippen LogP contribution in [0.1, 0.15) is 47.5 Å². The van der Waals surface area contributed by atoms with Gasteiger partial charge < -0.3 is 4.90 Å².